The molecule has 0 saturated carbocycles. The average Bonchev–Trinajstić information content (AvgIpc) is 1.69. The normalized spacial score (nSPS) is 11.5. The first-order valence-corrected chi connectivity index (χ1v) is 2.29. The predicted octanol–water partition coefficient (Wildman–Crippen LogP) is -0.139. The highest BCUT2D eigenvalue weighted by Gasteiger charge is 1.93. The van der Waals surface area contributed by atoms with Crippen LogP contribution in [0.4, 0.5) is 0 Å². The molecule has 0 unspecified atom stereocenters. The maximum atomic E-state index is 8.41. The molecule has 46 valence electrons. The van der Waals surface area contributed by atoms with Crippen molar-refractivity contribution >= 4 is 5.71 Å². The van der Waals surface area contributed by atoms with E-state index in [1.807, 2.05) is 0 Å². The van der Waals surface area contributed by atoms with Gasteiger partial charge in [0.25, 0.3) is 0 Å². The SMILES string of the molecule is CC(=N)/C(=C\N)CO. The molecule has 0 amide bonds. The fourth-order valence-corrected chi connectivity index (χ4v) is 0.296. The zero-order chi connectivity index (χ0) is 6.57. The van der Waals surface area contributed by atoms with Crippen molar-refractivity contribution in [3.63, 3.8) is 0 Å². The molecule has 4 N–H and O–H groups in total. The molecule has 8 heavy (non-hydrogen) atoms. The maximum Gasteiger partial charge on any atom is 0.0713 e. The Morgan fingerprint density at radius 1 is 1.88 bits per heavy atom. The number of aliphatic hydroxyl groups is 1. The van der Waals surface area contributed by atoms with Crippen LogP contribution in [-0.4, -0.2) is 17.4 Å². The molecule has 0 atom stereocenters. The third-order valence-corrected chi connectivity index (χ3v) is 0.853. The van der Waals surface area contributed by atoms with Crippen LogP contribution in [-0.2, 0) is 0 Å². The van der Waals surface area contributed by atoms with Crippen LogP contribution >= 0.6 is 0 Å². The van der Waals surface area contributed by atoms with Gasteiger partial charge in [0.2, 0.25) is 0 Å². The van der Waals surface area contributed by atoms with Crippen molar-refractivity contribution in [3.05, 3.63) is 11.8 Å². The summed E-state index contributed by atoms with van der Waals surface area (Å²) in [7, 11) is 0. The van der Waals surface area contributed by atoms with E-state index in [1.165, 1.54) is 6.20 Å². The molecule has 0 saturated heterocycles. The van der Waals surface area contributed by atoms with Crippen LogP contribution in [0.2, 0.25) is 0 Å². The lowest BCUT2D eigenvalue weighted by molar-refractivity contribution is 0.336. The standard InChI is InChI=1S/C5H10N2O/c1-4(7)5(2-6)3-8/h2,7-8H,3,6H2,1H3/b5-2-,7-4?. The van der Waals surface area contributed by atoms with E-state index in [9.17, 15) is 0 Å². The minimum atomic E-state index is -0.147. The first-order chi connectivity index (χ1) is 3.72. The second-order valence-electron chi connectivity index (χ2n) is 1.48. The van der Waals surface area contributed by atoms with E-state index in [-0.39, 0.29) is 6.61 Å². The molecular weight excluding hydrogens is 104 g/mol. The van der Waals surface area contributed by atoms with Gasteiger partial charge in [0.15, 0.2) is 0 Å². The largest absolute Gasteiger partial charge is 0.404 e. The molecule has 0 heterocycles. The molecule has 0 aliphatic carbocycles. The van der Waals surface area contributed by atoms with Crippen LogP contribution in [0.3, 0.4) is 0 Å². The summed E-state index contributed by atoms with van der Waals surface area (Å²) in [5, 5.41) is 15.4. The number of rotatable bonds is 2. The number of nitrogens with two attached hydrogens (primary N) is 1. The van der Waals surface area contributed by atoms with Gasteiger partial charge in [-0.25, -0.2) is 0 Å². The highest BCUT2D eigenvalue weighted by molar-refractivity contribution is 5.95. The van der Waals surface area contributed by atoms with Crippen molar-refractivity contribution in [2.45, 2.75) is 6.92 Å². The van der Waals surface area contributed by atoms with E-state index < -0.39 is 0 Å². The minimum Gasteiger partial charge on any atom is -0.404 e. The monoisotopic (exact) mass is 114 g/mol. The molecule has 0 aliphatic heterocycles. The number of aliphatic hydroxyl groups excluding tert-OH is 1. The van der Waals surface area contributed by atoms with Gasteiger partial charge in [-0.3, -0.25) is 0 Å². The Morgan fingerprint density at radius 3 is 2.38 bits per heavy atom. The lowest BCUT2D eigenvalue weighted by atomic mass is 10.2. The summed E-state index contributed by atoms with van der Waals surface area (Å²) in [5.41, 5.74) is 5.81. The van der Waals surface area contributed by atoms with Crippen molar-refractivity contribution in [3.8, 4) is 0 Å². The second kappa shape index (κ2) is 3.21. The van der Waals surface area contributed by atoms with Crippen LogP contribution in [0.5, 0.6) is 0 Å². The minimum absolute atomic E-state index is 0.147. The molecule has 0 aliphatic rings. The van der Waals surface area contributed by atoms with E-state index >= 15 is 0 Å². The van der Waals surface area contributed by atoms with Crippen LogP contribution in [0.25, 0.3) is 0 Å². The van der Waals surface area contributed by atoms with Gasteiger partial charge in [0.1, 0.15) is 0 Å². The second-order valence-corrected chi connectivity index (χ2v) is 1.48. The lowest BCUT2D eigenvalue weighted by Crippen LogP contribution is -2.02. The first kappa shape index (κ1) is 7.17. The average molecular weight is 114 g/mol. The Balaban J connectivity index is 3.92. The van der Waals surface area contributed by atoms with E-state index in [0.717, 1.165) is 0 Å². The van der Waals surface area contributed by atoms with Crippen molar-refractivity contribution in [1.82, 2.24) is 0 Å². The van der Waals surface area contributed by atoms with Crippen LogP contribution in [0.15, 0.2) is 11.8 Å². The Hall–Kier alpha value is -0.830. The summed E-state index contributed by atoms with van der Waals surface area (Å²) < 4.78 is 0. The molecular formula is C5H10N2O. The summed E-state index contributed by atoms with van der Waals surface area (Å²) in [6.07, 6.45) is 1.24. The number of hydrogen-bond donors (Lipinski definition) is 3. The molecule has 3 nitrogen and oxygen atoms in total. The number of hydrogen-bond acceptors (Lipinski definition) is 3. The van der Waals surface area contributed by atoms with Gasteiger partial charge in [-0.05, 0) is 6.92 Å². The van der Waals surface area contributed by atoms with Crippen molar-refractivity contribution in [1.29, 1.82) is 5.41 Å². The zero-order valence-corrected chi connectivity index (χ0v) is 4.81. The predicted molar refractivity (Wildman–Crippen MR) is 32.8 cm³/mol. The summed E-state index contributed by atoms with van der Waals surface area (Å²) in [4.78, 5) is 0. The van der Waals surface area contributed by atoms with Crippen LogP contribution < -0.4 is 5.73 Å². The van der Waals surface area contributed by atoms with E-state index in [0.29, 0.717) is 11.3 Å². The van der Waals surface area contributed by atoms with Crippen LogP contribution in [0.1, 0.15) is 6.92 Å². The molecule has 0 aromatic heterocycles. The fraction of sp³-hybridized carbons (Fsp3) is 0.400. The Morgan fingerprint density at radius 2 is 2.38 bits per heavy atom. The maximum absolute atomic E-state index is 8.41. The van der Waals surface area contributed by atoms with E-state index in [4.69, 9.17) is 16.2 Å². The highest BCUT2D eigenvalue weighted by atomic mass is 16.3. The quantitative estimate of drug-likeness (QED) is 0.437. The third-order valence-electron chi connectivity index (χ3n) is 0.853. The van der Waals surface area contributed by atoms with E-state index in [2.05, 4.69) is 0 Å². The molecule has 3 heteroatoms. The zero-order valence-electron chi connectivity index (χ0n) is 4.81. The van der Waals surface area contributed by atoms with Gasteiger partial charge in [-0.1, -0.05) is 0 Å². The van der Waals surface area contributed by atoms with Gasteiger partial charge >= 0.3 is 0 Å². The topological polar surface area (TPSA) is 70.1 Å². The Labute approximate surface area is 48.3 Å². The molecule has 0 fully saturated rings. The molecule has 0 bridgehead atoms. The van der Waals surface area contributed by atoms with Crippen molar-refractivity contribution in [2.24, 2.45) is 5.73 Å². The smallest absolute Gasteiger partial charge is 0.0713 e. The molecule has 0 aromatic rings. The van der Waals surface area contributed by atoms with Crippen LogP contribution in [0, 0.1) is 5.41 Å². The summed E-state index contributed by atoms with van der Waals surface area (Å²) in [6.45, 7) is 1.43. The molecule has 0 aromatic carbocycles. The summed E-state index contributed by atoms with van der Waals surface area (Å²) in [5.74, 6) is 0. The highest BCUT2D eigenvalue weighted by Crippen LogP contribution is 1.89. The van der Waals surface area contributed by atoms with E-state index in [1.54, 1.807) is 6.92 Å². The summed E-state index contributed by atoms with van der Waals surface area (Å²) >= 11 is 0. The van der Waals surface area contributed by atoms with Gasteiger partial charge in [0, 0.05) is 17.5 Å². The number of nitrogens with one attached hydrogen (secondary N) is 1. The molecule has 0 radical (unpaired) electrons. The lowest BCUT2D eigenvalue weighted by Gasteiger charge is -1.95. The molecule has 0 spiro atoms. The van der Waals surface area contributed by atoms with Crippen molar-refractivity contribution < 1.29 is 5.11 Å². The molecule has 0 rings (SSSR count). The van der Waals surface area contributed by atoms with Gasteiger partial charge in [0.05, 0.1) is 6.61 Å². The van der Waals surface area contributed by atoms with Crippen molar-refractivity contribution in [2.75, 3.05) is 6.61 Å². The van der Waals surface area contributed by atoms with Gasteiger partial charge in [-0.15, -0.1) is 0 Å². The fourth-order valence-electron chi connectivity index (χ4n) is 0.296. The first-order valence-electron chi connectivity index (χ1n) is 2.29. The van der Waals surface area contributed by atoms with Gasteiger partial charge in [-0.2, -0.15) is 0 Å². The Bertz CT molecular complexity index is 118. The Kier molecular flexibility index (Phi) is 2.88. The van der Waals surface area contributed by atoms with Gasteiger partial charge < -0.3 is 16.2 Å². The third kappa shape index (κ3) is 1.75. The summed E-state index contributed by atoms with van der Waals surface area (Å²) in [6, 6.07) is 0.